The number of likely N-dealkylation sites (N-methyl/N-ethyl adjacent to an activating group) is 1. The highest BCUT2D eigenvalue weighted by Crippen LogP contribution is 2.30. The molecule has 0 saturated heterocycles. The van der Waals surface area contributed by atoms with Crippen LogP contribution in [0.3, 0.4) is 0 Å². The zero-order chi connectivity index (χ0) is 24.7. The van der Waals surface area contributed by atoms with Crippen LogP contribution in [0.2, 0.25) is 0 Å². The number of carboxylic acid groups (broad SMARTS) is 1. The Morgan fingerprint density at radius 2 is 1.62 bits per heavy atom. The van der Waals surface area contributed by atoms with Gasteiger partial charge in [-0.05, 0) is 36.9 Å². The van der Waals surface area contributed by atoms with Crippen molar-refractivity contribution in [3.05, 3.63) is 101 Å². The first-order valence-electron chi connectivity index (χ1n) is 10.6. The predicted molar refractivity (Wildman–Crippen MR) is 121 cm³/mol. The zero-order valence-electron chi connectivity index (χ0n) is 18.5. The fourth-order valence-electron chi connectivity index (χ4n) is 3.46. The van der Waals surface area contributed by atoms with Gasteiger partial charge in [-0.15, -0.1) is 0 Å². The van der Waals surface area contributed by atoms with Gasteiger partial charge in [0.2, 0.25) is 0 Å². The number of hydrogen-bond acceptors (Lipinski definition) is 4. The van der Waals surface area contributed by atoms with Gasteiger partial charge in [-0.25, -0.2) is 0 Å². The number of rotatable bonds is 10. The number of hydrogen-bond donors (Lipinski definition) is 1. The second kappa shape index (κ2) is 11.0. The average Bonchev–Trinajstić information content (AvgIpc) is 2.81. The van der Waals surface area contributed by atoms with Gasteiger partial charge >= 0.3 is 12.1 Å². The summed E-state index contributed by atoms with van der Waals surface area (Å²) in [5.41, 5.74) is 0.498. The molecule has 3 rings (SSSR count). The summed E-state index contributed by atoms with van der Waals surface area (Å²) in [6.45, 7) is 0.370. The molecule has 1 atom stereocenters. The molecule has 0 aliphatic rings. The third kappa shape index (κ3) is 6.92. The number of ketones is 1. The first kappa shape index (κ1) is 25.0. The molecule has 0 saturated carbocycles. The SMILES string of the molecule is CN(CCC(Oc1cccc(C(=O)c2ccc(C(F)(F)F)cc2)c1)c1ccccc1)CC(=O)O. The third-order valence-corrected chi connectivity index (χ3v) is 5.20. The number of alkyl halides is 3. The molecule has 3 aromatic rings. The summed E-state index contributed by atoms with van der Waals surface area (Å²) in [6.07, 6.45) is -4.36. The van der Waals surface area contributed by atoms with Crippen molar-refractivity contribution in [3.63, 3.8) is 0 Å². The fourth-order valence-corrected chi connectivity index (χ4v) is 3.46. The lowest BCUT2D eigenvalue weighted by molar-refractivity contribution is -0.138. The zero-order valence-corrected chi connectivity index (χ0v) is 18.5. The summed E-state index contributed by atoms with van der Waals surface area (Å²) < 4.78 is 44.6. The van der Waals surface area contributed by atoms with Crippen LogP contribution in [0.1, 0.15) is 39.6 Å². The second-order valence-electron chi connectivity index (χ2n) is 7.87. The molecule has 0 aliphatic carbocycles. The summed E-state index contributed by atoms with van der Waals surface area (Å²) in [7, 11) is 1.71. The number of halogens is 3. The second-order valence-corrected chi connectivity index (χ2v) is 7.87. The normalized spacial score (nSPS) is 12.4. The molecule has 0 fully saturated rings. The van der Waals surface area contributed by atoms with Crippen LogP contribution in [-0.4, -0.2) is 41.9 Å². The predicted octanol–water partition coefficient (Wildman–Crippen LogP) is 5.46. The van der Waals surface area contributed by atoms with Crippen molar-refractivity contribution in [3.8, 4) is 5.75 Å². The number of ether oxygens (including phenoxy) is 1. The molecule has 0 heterocycles. The number of carbonyl (C=O) groups excluding carboxylic acids is 1. The standard InChI is InChI=1S/C26H24F3NO4/c1-30(17-24(31)32)15-14-23(18-6-3-2-4-7-18)34-22-9-5-8-20(16-22)25(33)19-10-12-21(13-11-19)26(27,28)29/h2-13,16,23H,14-15,17H2,1H3,(H,31,32). The molecule has 0 bridgehead atoms. The van der Waals surface area contributed by atoms with Crippen LogP contribution < -0.4 is 4.74 Å². The first-order valence-corrected chi connectivity index (χ1v) is 10.6. The molecule has 0 aromatic heterocycles. The molecule has 1 unspecified atom stereocenters. The minimum atomic E-state index is -4.47. The van der Waals surface area contributed by atoms with Crippen molar-refractivity contribution in [2.75, 3.05) is 20.1 Å². The molecular weight excluding hydrogens is 447 g/mol. The quantitative estimate of drug-likeness (QED) is 0.398. The van der Waals surface area contributed by atoms with Gasteiger partial charge in [0.05, 0.1) is 12.1 Å². The van der Waals surface area contributed by atoms with Crippen LogP contribution in [0.5, 0.6) is 5.75 Å². The van der Waals surface area contributed by atoms with Crippen molar-refractivity contribution < 1.29 is 32.6 Å². The van der Waals surface area contributed by atoms with Gasteiger partial charge in [0.15, 0.2) is 5.78 Å². The fraction of sp³-hybridized carbons (Fsp3) is 0.231. The monoisotopic (exact) mass is 471 g/mol. The van der Waals surface area contributed by atoms with Gasteiger partial charge in [0, 0.05) is 24.1 Å². The molecule has 5 nitrogen and oxygen atoms in total. The third-order valence-electron chi connectivity index (χ3n) is 5.20. The largest absolute Gasteiger partial charge is 0.486 e. The Morgan fingerprint density at radius 3 is 2.24 bits per heavy atom. The van der Waals surface area contributed by atoms with E-state index in [1.165, 1.54) is 0 Å². The summed E-state index contributed by atoms with van der Waals surface area (Å²) in [6, 6.07) is 20.0. The Balaban J connectivity index is 1.77. The van der Waals surface area contributed by atoms with E-state index >= 15 is 0 Å². The highest BCUT2D eigenvalue weighted by molar-refractivity contribution is 6.09. The van der Waals surface area contributed by atoms with Gasteiger partial charge in [0.1, 0.15) is 11.9 Å². The average molecular weight is 471 g/mol. The van der Waals surface area contributed by atoms with E-state index in [0.29, 0.717) is 18.7 Å². The Bertz CT molecular complexity index is 1110. The van der Waals surface area contributed by atoms with E-state index in [2.05, 4.69) is 0 Å². The number of carbonyl (C=O) groups is 2. The lowest BCUT2D eigenvalue weighted by Crippen LogP contribution is -2.28. The van der Waals surface area contributed by atoms with E-state index in [1.54, 1.807) is 36.2 Å². The first-order chi connectivity index (χ1) is 16.1. The van der Waals surface area contributed by atoms with Crippen molar-refractivity contribution in [2.45, 2.75) is 18.7 Å². The number of aliphatic carboxylic acids is 1. The molecule has 34 heavy (non-hydrogen) atoms. The highest BCUT2D eigenvalue weighted by Gasteiger charge is 2.30. The van der Waals surface area contributed by atoms with Crippen LogP contribution in [0.25, 0.3) is 0 Å². The van der Waals surface area contributed by atoms with E-state index in [4.69, 9.17) is 9.84 Å². The molecule has 0 spiro atoms. The van der Waals surface area contributed by atoms with Crippen molar-refractivity contribution in [1.82, 2.24) is 4.90 Å². The maximum Gasteiger partial charge on any atom is 0.416 e. The summed E-state index contributed by atoms with van der Waals surface area (Å²) in [5, 5.41) is 8.97. The van der Waals surface area contributed by atoms with Crippen LogP contribution in [-0.2, 0) is 11.0 Å². The minimum Gasteiger partial charge on any atom is -0.486 e. The molecule has 0 radical (unpaired) electrons. The Hall–Kier alpha value is -3.65. The maximum absolute atomic E-state index is 12.8. The Kier molecular flexibility index (Phi) is 8.07. The van der Waals surface area contributed by atoms with E-state index in [1.807, 2.05) is 30.3 Å². The molecule has 8 heteroatoms. The minimum absolute atomic E-state index is 0.0986. The van der Waals surface area contributed by atoms with Gasteiger partial charge in [-0.3, -0.25) is 14.5 Å². The maximum atomic E-state index is 12.8. The van der Waals surface area contributed by atoms with E-state index in [-0.39, 0.29) is 17.7 Å². The Morgan fingerprint density at radius 1 is 0.941 bits per heavy atom. The number of nitrogens with zero attached hydrogens (tertiary/aromatic N) is 1. The number of benzene rings is 3. The highest BCUT2D eigenvalue weighted by atomic mass is 19.4. The molecule has 0 aliphatic heterocycles. The van der Waals surface area contributed by atoms with Crippen molar-refractivity contribution in [1.29, 1.82) is 0 Å². The summed E-state index contributed by atoms with van der Waals surface area (Å²) in [4.78, 5) is 25.4. The molecule has 1 N–H and O–H groups in total. The summed E-state index contributed by atoms with van der Waals surface area (Å²) >= 11 is 0. The topological polar surface area (TPSA) is 66.8 Å². The van der Waals surface area contributed by atoms with Crippen LogP contribution >= 0.6 is 0 Å². The van der Waals surface area contributed by atoms with Gasteiger partial charge in [-0.1, -0.05) is 54.6 Å². The number of carboxylic acids is 1. The summed E-state index contributed by atoms with van der Waals surface area (Å²) in [5.74, 6) is -0.918. The van der Waals surface area contributed by atoms with Gasteiger partial charge < -0.3 is 9.84 Å². The van der Waals surface area contributed by atoms with Crippen LogP contribution in [0, 0.1) is 0 Å². The van der Waals surface area contributed by atoms with Crippen LogP contribution in [0.4, 0.5) is 13.2 Å². The molecular formula is C26H24F3NO4. The lowest BCUT2D eigenvalue weighted by atomic mass is 10.0. The van der Waals surface area contributed by atoms with Crippen LogP contribution in [0.15, 0.2) is 78.9 Å². The Labute approximate surface area is 195 Å². The smallest absolute Gasteiger partial charge is 0.416 e. The van der Waals surface area contributed by atoms with E-state index in [0.717, 1.165) is 29.8 Å². The van der Waals surface area contributed by atoms with Gasteiger partial charge in [0.25, 0.3) is 0 Å². The van der Waals surface area contributed by atoms with E-state index < -0.39 is 29.6 Å². The van der Waals surface area contributed by atoms with Crippen molar-refractivity contribution in [2.24, 2.45) is 0 Å². The van der Waals surface area contributed by atoms with Gasteiger partial charge in [-0.2, -0.15) is 13.2 Å². The molecule has 3 aromatic carbocycles. The molecule has 178 valence electrons. The van der Waals surface area contributed by atoms with E-state index in [9.17, 15) is 22.8 Å². The van der Waals surface area contributed by atoms with Crippen molar-refractivity contribution >= 4 is 11.8 Å². The lowest BCUT2D eigenvalue weighted by Gasteiger charge is -2.23. The molecule has 0 amide bonds.